The molecule has 0 aromatic heterocycles. The van der Waals surface area contributed by atoms with Crippen LogP contribution in [0.25, 0.3) is 0 Å². The summed E-state index contributed by atoms with van der Waals surface area (Å²) < 4.78 is 23.3. The molecule has 2 fully saturated rings. The largest absolute Gasteiger partial charge is 0.339 e. The van der Waals surface area contributed by atoms with Crippen molar-refractivity contribution in [2.45, 2.75) is 30.4 Å². The Morgan fingerprint density at radius 2 is 1.78 bits per heavy atom. The molecule has 150 valence electrons. The van der Waals surface area contributed by atoms with Crippen LogP contribution in [-0.2, 0) is 14.6 Å². The van der Waals surface area contributed by atoms with Crippen LogP contribution in [0.15, 0.2) is 24.3 Å². The lowest BCUT2D eigenvalue weighted by atomic mass is 9.95. The molecule has 2 heterocycles. The number of rotatable bonds is 4. The number of piperidine rings is 1. The fourth-order valence-electron chi connectivity index (χ4n) is 3.67. The first kappa shape index (κ1) is 21.7. The van der Waals surface area contributed by atoms with Gasteiger partial charge >= 0.3 is 0 Å². The lowest BCUT2D eigenvalue weighted by Crippen LogP contribution is -2.55. The zero-order valence-corrected chi connectivity index (χ0v) is 17.0. The minimum absolute atomic E-state index is 0. The first-order valence-corrected chi connectivity index (χ1v) is 10.8. The second-order valence-electron chi connectivity index (χ2n) is 7.05. The summed E-state index contributed by atoms with van der Waals surface area (Å²) in [7, 11) is -3.57. The summed E-state index contributed by atoms with van der Waals surface area (Å²) in [6, 6.07) is 6.72. The number of likely N-dealkylation sites (tertiary alicyclic amines) is 1. The van der Waals surface area contributed by atoms with E-state index in [1.165, 1.54) is 0 Å². The Balaban J connectivity index is 0.00000261. The van der Waals surface area contributed by atoms with Crippen molar-refractivity contribution in [3.63, 3.8) is 0 Å². The van der Waals surface area contributed by atoms with Crippen molar-refractivity contribution in [3.8, 4) is 0 Å². The molecule has 1 aromatic rings. The fraction of sp³-hybridized carbons (Fsp3) is 0.556. The third kappa shape index (κ3) is 4.44. The van der Waals surface area contributed by atoms with Crippen molar-refractivity contribution < 1.29 is 18.0 Å². The molecule has 9 heteroatoms. The average Bonchev–Trinajstić information content (AvgIpc) is 3.15. The number of nitrogens with one attached hydrogen (secondary N) is 2. The van der Waals surface area contributed by atoms with E-state index in [1.807, 2.05) is 0 Å². The van der Waals surface area contributed by atoms with Gasteiger partial charge in [-0.15, -0.1) is 12.4 Å². The van der Waals surface area contributed by atoms with Crippen molar-refractivity contribution in [1.29, 1.82) is 0 Å². The number of anilines is 1. The number of nitrogens with zero attached hydrogens (tertiary/aromatic N) is 1. The third-order valence-electron chi connectivity index (χ3n) is 5.30. The number of benzene rings is 1. The Labute approximate surface area is 166 Å². The first-order chi connectivity index (χ1) is 12.3. The van der Waals surface area contributed by atoms with Crippen LogP contribution in [0.1, 0.15) is 36.0 Å². The van der Waals surface area contributed by atoms with Gasteiger partial charge in [-0.05, 0) is 57.0 Å². The summed E-state index contributed by atoms with van der Waals surface area (Å²) in [6.07, 6.45) is 3.61. The SMILES string of the molecule is CS(=O)(=O)C1(C(=O)Nc2cccc(C(=O)N3CCCC3)c2)CCNCC1.Cl. The highest BCUT2D eigenvalue weighted by molar-refractivity contribution is 7.92. The number of halogens is 1. The van der Waals surface area contributed by atoms with Crippen molar-refractivity contribution in [2.24, 2.45) is 0 Å². The highest BCUT2D eigenvalue weighted by Gasteiger charge is 2.48. The molecular weight excluding hydrogens is 390 g/mol. The second kappa shape index (κ2) is 8.58. The molecule has 2 aliphatic rings. The minimum atomic E-state index is -3.57. The van der Waals surface area contributed by atoms with Gasteiger partial charge in [0.2, 0.25) is 5.91 Å². The van der Waals surface area contributed by atoms with E-state index in [1.54, 1.807) is 29.2 Å². The van der Waals surface area contributed by atoms with Gasteiger partial charge < -0.3 is 15.5 Å². The van der Waals surface area contributed by atoms with Gasteiger partial charge in [-0.2, -0.15) is 0 Å². The third-order valence-corrected chi connectivity index (χ3v) is 7.31. The Kier molecular flexibility index (Phi) is 6.88. The average molecular weight is 416 g/mol. The number of hydrogen-bond donors (Lipinski definition) is 2. The van der Waals surface area contributed by atoms with Crippen LogP contribution in [0.3, 0.4) is 0 Å². The van der Waals surface area contributed by atoms with Gasteiger partial charge in [0.05, 0.1) is 0 Å². The molecule has 27 heavy (non-hydrogen) atoms. The maximum Gasteiger partial charge on any atom is 0.253 e. The smallest absolute Gasteiger partial charge is 0.253 e. The van der Waals surface area contributed by atoms with Gasteiger partial charge in [-0.1, -0.05) is 6.07 Å². The Bertz CT molecular complexity index is 801. The fourth-order valence-corrected chi connectivity index (χ4v) is 5.01. The summed E-state index contributed by atoms with van der Waals surface area (Å²) in [4.78, 5) is 27.2. The molecule has 0 atom stereocenters. The van der Waals surface area contributed by atoms with E-state index in [0.717, 1.165) is 32.2 Å². The molecule has 2 amide bonds. The molecule has 0 spiro atoms. The summed E-state index contributed by atoms with van der Waals surface area (Å²) >= 11 is 0. The summed E-state index contributed by atoms with van der Waals surface area (Å²) in [5.41, 5.74) is 0.949. The summed E-state index contributed by atoms with van der Waals surface area (Å²) in [6.45, 7) is 2.46. The molecule has 2 aliphatic heterocycles. The molecule has 1 aromatic carbocycles. The van der Waals surface area contributed by atoms with Crippen LogP contribution in [0.5, 0.6) is 0 Å². The molecule has 2 N–H and O–H groups in total. The Morgan fingerprint density at radius 1 is 1.15 bits per heavy atom. The summed E-state index contributed by atoms with van der Waals surface area (Å²) in [5, 5.41) is 5.82. The predicted molar refractivity (Wildman–Crippen MR) is 107 cm³/mol. The molecule has 0 bridgehead atoms. The number of amides is 2. The van der Waals surface area contributed by atoms with E-state index in [0.29, 0.717) is 24.3 Å². The number of carbonyl (C=O) groups is 2. The van der Waals surface area contributed by atoms with Crippen LogP contribution >= 0.6 is 12.4 Å². The predicted octanol–water partition coefficient (Wildman–Crippen LogP) is 1.45. The Morgan fingerprint density at radius 3 is 2.37 bits per heavy atom. The zero-order valence-electron chi connectivity index (χ0n) is 15.4. The quantitative estimate of drug-likeness (QED) is 0.776. The van der Waals surface area contributed by atoms with E-state index in [9.17, 15) is 18.0 Å². The van der Waals surface area contributed by atoms with Gasteiger partial charge in [0.1, 0.15) is 0 Å². The zero-order chi connectivity index (χ0) is 18.8. The highest BCUT2D eigenvalue weighted by Crippen LogP contribution is 2.29. The van der Waals surface area contributed by atoms with Gasteiger partial charge in [-0.3, -0.25) is 9.59 Å². The molecule has 0 radical (unpaired) electrons. The van der Waals surface area contributed by atoms with Crippen LogP contribution in [-0.4, -0.2) is 62.3 Å². The topological polar surface area (TPSA) is 95.6 Å². The van der Waals surface area contributed by atoms with Crippen molar-refractivity contribution in [2.75, 3.05) is 37.8 Å². The maximum absolute atomic E-state index is 12.9. The van der Waals surface area contributed by atoms with E-state index in [4.69, 9.17) is 0 Å². The van der Waals surface area contributed by atoms with Gasteiger partial charge in [0.15, 0.2) is 14.6 Å². The molecule has 7 nitrogen and oxygen atoms in total. The molecule has 2 saturated heterocycles. The van der Waals surface area contributed by atoms with E-state index < -0.39 is 20.5 Å². The number of hydrogen-bond acceptors (Lipinski definition) is 5. The van der Waals surface area contributed by atoms with Crippen LogP contribution in [0.4, 0.5) is 5.69 Å². The van der Waals surface area contributed by atoms with Crippen molar-refractivity contribution >= 4 is 39.7 Å². The molecule has 0 aliphatic carbocycles. The summed E-state index contributed by atoms with van der Waals surface area (Å²) in [5.74, 6) is -0.578. The number of carbonyl (C=O) groups excluding carboxylic acids is 2. The van der Waals surface area contributed by atoms with Gasteiger partial charge in [-0.25, -0.2) is 8.42 Å². The molecular formula is C18H26ClN3O4S. The van der Waals surface area contributed by atoms with Crippen molar-refractivity contribution in [3.05, 3.63) is 29.8 Å². The highest BCUT2D eigenvalue weighted by atomic mass is 35.5. The molecule has 0 unspecified atom stereocenters. The number of sulfone groups is 1. The van der Waals surface area contributed by atoms with Crippen LogP contribution in [0, 0.1) is 0 Å². The Hall–Kier alpha value is -1.64. The van der Waals surface area contributed by atoms with E-state index >= 15 is 0 Å². The van der Waals surface area contributed by atoms with Gasteiger partial charge in [0, 0.05) is 30.6 Å². The minimum Gasteiger partial charge on any atom is -0.339 e. The monoisotopic (exact) mass is 415 g/mol. The van der Waals surface area contributed by atoms with E-state index in [2.05, 4.69) is 10.6 Å². The molecule has 3 rings (SSSR count). The lowest BCUT2D eigenvalue weighted by Gasteiger charge is -2.34. The first-order valence-electron chi connectivity index (χ1n) is 8.95. The van der Waals surface area contributed by atoms with Gasteiger partial charge in [0.25, 0.3) is 5.91 Å². The van der Waals surface area contributed by atoms with Crippen molar-refractivity contribution in [1.82, 2.24) is 10.2 Å². The lowest BCUT2D eigenvalue weighted by molar-refractivity contribution is -0.119. The molecule has 0 saturated carbocycles. The second-order valence-corrected chi connectivity index (χ2v) is 9.38. The normalized spacial score (nSPS) is 19.2. The maximum atomic E-state index is 12.9. The van der Waals surface area contributed by atoms with Crippen LogP contribution in [0.2, 0.25) is 0 Å². The van der Waals surface area contributed by atoms with E-state index in [-0.39, 0.29) is 31.2 Å². The van der Waals surface area contributed by atoms with Crippen LogP contribution < -0.4 is 10.6 Å². The standard InChI is InChI=1S/C18H25N3O4S.ClH/c1-26(24,25)18(7-9-19-10-8-18)17(23)20-15-6-4-5-14(13-15)16(22)21-11-2-3-12-21;/h4-6,13,19H,2-3,7-12H2,1H3,(H,20,23);1H.